The molecule has 0 saturated heterocycles. The molecule has 1 rings (SSSR count). The van der Waals surface area contributed by atoms with Gasteiger partial charge < -0.3 is 10.1 Å². The number of carbonyl (C=O) groups is 2. The Hall–Kier alpha value is -1.84. The minimum atomic E-state index is -0.658. The fourth-order valence-corrected chi connectivity index (χ4v) is 1.13. The van der Waals surface area contributed by atoms with Crippen LogP contribution in [0, 0.1) is 6.92 Å². The number of carbonyl (C=O) groups excluding carboxylic acids is 2. The summed E-state index contributed by atoms with van der Waals surface area (Å²) in [7, 11) is 1.58. The van der Waals surface area contributed by atoms with Gasteiger partial charge in [0.25, 0.3) is 5.91 Å². The molecular weight excluding hydrogens is 182 g/mol. The van der Waals surface area contributed by atoms with Crippen molar-refractivity contribution in [2.75, 3.05) is 12.4 Å². The molecule has 0 atom stereocenters. The standard InChI is InChI=1S/C10H11NO3/c1-7-5-8(11-10(13)6-12)3-4-9(7)14-2/h3-6H,1-2H3,(H,11,13). The Labute approximate surface area is 81.9 Å². The minimum absolute atomic E-state index is 0.236. The number of aldehydes is 1. The second-order valence-corrected chi connectivity index (χ2v) is 2.79. The highest BCUT2D eigenvalue weighted by atomic mass is 16.5. The Morgan fingerprint density at radius 2 is 2.21 bits per heavy atom. The summed E-state index contributed by atoms with van der Waals surface area (Å²) in [6, 6.07) is 5.14. The molecule has 4 nitrogen and oxygen atoms in total. The first kappa shape index (κ1) is 10.2. The Morgan fingerprint density at radius 1 is 1.50 bits per heavy atom. The number of amides is 1. The van der Waals surface area contributed by atoms with E-state index in [0.29, 0.717) is 5.69 Å². The molecule has 0 spiro atoms. The fourth-order valence-electron chi connectivity index (χ4n) is 1.13. The van der Waals surface area contributed by atoms with E-state index in [9.17, 15) is 9.59 Å². The highest BCUT2D eigenvalue weighted by Gasteiger charge is 2.02. The lowest BCUT2D eigenvalue weighted by molar-refractivity contribution is -0.127. The van der Waals surface area contributed by atoms with Gasteiger partial charge in [0.15, 0.2) is 0 Å². The van der Waals surface area contributed by atoms with Gasteiger partial charge in [0, 0.05) is 5.69 Å². The summed E-state index contributed by atoms with van der Waals surface area (Å²) in [4.78, 5) is 20.8. The average molecular weight is 193 g/mol. The van der Waals surface area contributed by atoms with Gasteiger partial charge in [0.2, 0.25) is 6.29 Å². The van der Waals surface area contributed by atoms with Crippen molar-refractivity contribution in [3.8, 4) is 5.75 Å². The number of benzene rings is 1. The topological polar surface area (TPSA) is 55.4 Å². The second-order valence-electron chi connectivity index (χ2n) is 2.79. The third-order valence-corrected chi connectivity index (χ3v) is 1.77. The van der Waals surface area contributed by atoms with Crippen LogP contribution < -0.4 is 10.1 Å². The number of aryl methyl sites for hydroxylation is 1. The normalized spacial score (nSPS) is 9.29. The van der Waals surface area contributed by atoms with E-state index < -0.39 is 5.91 Å². The van der Waals surface area contributed by atoms with Crippen molar-refractivity contribution in [2.45, 2.75) is 6.92 Å². The second kappa shape index (κ2) is 4.41. The van der Waals surface area contributed by atoms with Crippen LogP contribution in [-0.4, -0.2) is 19.3 Å². The summed E-state index contributed by atoms with van der Waals surface area (Å²) in [6.45, 7) is 1.86. The predicted molar refractivity (Wildman–Crippen MR) is 52.4 cm³/mol. The maximum atomic E-state index is 10.7. The van der Waals surface area contributed by atoms with E-state index in [2.05, 4.69) is 5.32 Å². The fraction of sp³-hybridized carbons (Fsp3) is 0.200. The van der Waals surface area contributed by atoms with Crippen LogP contribution in [0.2, 0.25) is 0 Å². The molecule has 0 aliphatic heterocycles. The lowest BCUT2D eigenvalue weighted by Crippen LogP contribution is -2.12. The molecule has 0 unspecified atom stereocenters. The number of anilines is 1. The van der Waals surface area contributed by atoms with Crippen molar-refractivity contribution < 1.29 is 14.3 Å². The van der Waals surface area contributed by atoms with Crippen LogP contribution >= 0.6 is 0 Å². The quantitative estimate of drug-likeness (QED) is 0.578. The molecule has 1 N–H and O–H groups in total. The van der Waals surface area contributed by atoms with Crippen LogP contribution in [0.3, 0.4) is 0 Å². The van der Waals surface area contributed by atoms with Crippen LogP contribution in [-0.2, 0) is 9.59 Å². The summed E-state index contributed by atoms with van der Waals surface area (Å²) in [5, 5.41) is 2.42. The Balaban J connectivity index is 2.86. The Morgan fingerprint density at radius 3 is 2.71 bits per heavy atom. The van der Waals surface area contributed by atoms with E-state index >= 15 is 0 Å². The van der Waals surface area contributed by atoms with Gasteiger partial charge in [-0.05, 0) is 30.7 Å². The van der Waals surface area contributed by atoms with Crippen LogP contribution in [0.4, 0.5) is 5.69 Å². The van der Waals surface area contributed by atoms with E-state index in [1.807, 2.05) is 6.92 Å². The first-order chi connectivity index (χ1) is 6.67. The first-order valence-electron chi connectivity index (χ1n) is 4.08. The molecule has 1 aromatic rings. The van der Waals surface area contributed by atoms with Crippen LogP contribution in [0.15, 0.2) is 18.2 Å². The molecule has 0 radical (unpaired) electrons. The summed E-state index contributed by atoms with van der Waals surface area (Å²) >= 11 is 0. The Kier molecular flexibility index (Phi) is 3.23. The van der Waals surface area contributed by atoms with Crippen molar-refractivity contribution in [2.24, 2.45) is 0 Å². The SMILES string of the molecule is COc1ccc(NC(=O)C=O)cc1C. The zero-order valence-corrected chi connectivity index (χ0v) is 8.03. The molecule has 4 heteroatoms. The molecule has 1 aromatic carbocycles. The van der Waals surface area contributed by atoms with E-state index in [-0.39, 0.29) is 6.29 Å². The van der Waals surface area contributed by atoms with Crippen LogP contribution in [0.25, 0.3) is 0 Å². The summed E-state index contributed by atoms with van der Waals surface area (Å²) in [5.41, 5.74) is 1.48. The third-order valence-electron chi connectivity index (χ3n) is 1.77. The lowest BCUT2D eigenvalue weighted by Gasteiger charge is -2.06. The van der Waals surface area contributed by atoms with Gasteiger partial charge in [0.05, 0.1) is 7.11 Å². The molecule has 74 valence electrons. The van der Waals surface area contributed by atoms with E-state index in [1.165, 1.54) is 0 Å². The van der Waals surface area contributed by atoms with Crippen molar-refractivity contribution in [3.63, 3.8) is 0 Å². The molecule has 1 amide bonds. The van der Waals surface area contributed by atoms with Crippen molar-refractivity contribution in [3.05, 3.63) is 23.8 Å². The molecule has 0 fully saturated rings. The average Bonchev–Trinajstić information content (AvgIpc) is 2.18. The van der Waals surface area contributed by atoms with Gasteiger partial charge in [-0.1, -0.05) is 0 Å². The van der Waals surface area contributed by atoms with Gasteiger partial charge in [0.1, 0.15) is 5.75 Å². The number of hydrogen-bond acceptors (Lipinski definition) is 3. The summed E-state index contributed by atoms with van der Waals surface area (Å²) in [6.07, 6.45) is 0.236. The van der Waals surface area contributed by atoms with Gasteiger partial charge in [-0.3, -0.25) is 9.59 Å². The highest BCUT2D eigenvalue weighted by molar-refractivity contribution is 6.29. The highest BCUT2D eigenvalue weighted by Crippen LogP contribution is 2.20. The molecule has 0 aliphatic carbocycles. The van der Waals surface area contributed by atoms with E-state index in [0.717, 1.165) is 11.3 Å². The van der Waals surface area contributed by atoms with E-state index in [4.69, 9.17) is 4.74 Å². The number of ether oxygens (including phenoxy) is 1. The largest absolute Gasteiger partial charge is 0.496 e. The van der Waals surface area contributed by atoms with Crippen molar-refractivity contribution >= 4 is 17.9 Å². The number of hydrogen-bond donors (Lipinski definition) is 1. The maximum Gasteiger partial charge on any atom is 0.288 e. The van der Waals surface area contributed by atoms with Crippen molar-refractivity contribution in [1.29, 1.82) is 0 Å². The molecule has 0 heterocycles. The number of methoxy groups -OCH3 is 1. The summed E-state index contributed by atoms with van der Waals surface area (Å²) < 4.78 is 5.05. The number of rotatable bonds is 3. The van der Waals surface area contributed by atoms with Crippen LogP contribution in [0.1, 0.15) is 5.56 Å². The lowest BCUT2D eigenvalue weighted by atomic mass is 10.2. The molecule has 14 heavy (non-hydrogen) atoms. The van der Waals surface area contributed by atoms with Crippen LogP contribution in [0.5, 0.6) is 5.75 Å². The van der Waals surface area contributed by atoms with Gasteiger partial charge in [-0.25, -0.2) is 0 Å². The molecule has 0 aliphatic rings. The summed E-state index contributed by atoms with van der Waals surface area (Å²) in [5.74, 6) is 0.0867. The smallest absolute Gasteiger partial charge is 0.288 e. The molecule has 0 saturated carbocycles. The molecule has 0 bridgehead atoms. The number of nitrogens with one attached hydrogen (secondary N) is 1. The predicted octanol–water partition coefficient (Wildman–Crippen LogP) is 1.14. The first-order valence-corrected chi connectivity index (χ1v) is 4.08. The third kappa shape index (κ3) is 2.32. The molecular formula is C10H11NO3. The van der Waals surface area contributed by atoms with Gasteiger partial charge in [-0.15, -0.1) is 0 Å². The van der Waals surface area contributed by atoms with E-state index in [1.54, 1.807) is 25.3 Å². The maximum absolute atomic E-state index is 10.7. The van der Waals surface area contributed by atoms with Gasteiger partial charge in [-0.2, -0.15) is 0 Å². The zero-order chi connectivity index (χ0) is 10.6. The molecule has 0 aromatic heterocycles. The Bertz CT molecular complexity index is 360. The monoisotopic (exact) mass is 193 g/mol. The zero-order valence-electron chi connectivity index (χ0n) is 8.03. The minimum Gasteiger partial charge on any atom is -0.496 e. The van der Waals surface area contributed by atoms with Crippen molar-refractivity contribution in [1.82, 2.24) is 0 Å². The van der Waals surface area contributed by atoms with Gasteiger partial charge >= 0.3 is 0 Å².